The van der Waals surface area contributed by atoms with Crippen molar-refractivity contribution in [3.8, 4) is 23.4 Å². The zero-order chi connectivity index (χ0) is 25.7. The number of hydrogen-bond acceptors (Lipinski definition) is 7. The number of aromatic hydroxyl groups is 1. The molecule has 9 heteroatoms. The van der Waals surface area contributed by atoms with Crippen molar-refractivity contribution in [2.24, 2.45) is 0 Å². The Hall–Kier alpha value is -4.94. The fourth-order valence-corrected chi connectivity index (χ4v) is 3.81. The number of ether oxygens (including phenoxy) is 1. The van der Waals surface area contributed by atoms with E-state index in [1.54, 1.807) is 72.9 Å². The minimum absolute atomic E-state index is 0.0913. The van der Waals surface area contributed by atoms with Crippen LogP contribution in [0.1, 0.15) is 16.1 Å². The number of para-hydroxylation sites is 1. The Morgan fingerprint density at radius 1 is 0.972 bits per heavy atom. The van der Waals surface area contributed by atoms with Crippen molar-refractivity contribution in [1.82, 2.24) is 9.88 Å². The number of carbonyl (C=O) groups is 2. The van der Waals surface area contributed by atoms with Gasteiger partial charge in [-0.3, -0.25) is 4.79 Å². The summed E-state index contributed by atoms with van der Waals surface area (Å²) in [7, 11) is 0. The van der Waals surface area contributed by atoms with Gasteiger partial charge >= 0.3 is 5.97 Å². The van der Waals surface area contributed by atoms with E-state index in [2.05, 4.69) is 4.98 Å². The fraction of sp³-hybridized carbons (Fsp3) is 0.111. The molecule has 2 atom stereocenters. The molecule has 1 heterocycles. The van der Waals surface area contributed by atoms with Crippen LogP contribution in [0.5, 0.6) is 17.2 Å². The maximum Gasteiger partial charge on any atom is 0.334 e. The summed E-state index contributed by atoms with van der Waals surface area (Å²) in [6.07, 6.45) is 0.665. The van der Waals surface area contributed by atoms with Gasteiger partial charge in [0.2, 0.25) is 0 Å². The summed E-state index contributed by atoms with van der Waals surface area (Å²) >= 11 is 0. The molecule has 1 amide bonds. The standard InChI is InChI=1S/C27H21N3O6/c28-16-30(22(25(32)27(34)35)13-17-7-3-1-4-8-17)26(33)24-21-14-19(36-18-9-5-2-6-10-18)11-12-20(21)23(31)15-29-24/h1-12,14-15,22,25,31-32H,13H2,(H,34,35)/t22-,25+/m1/s1. The van der Waals surface area contributed by atoms with Gasteiger partial charge in [0.25, 0.3) is 5.91 Å². The number of aromatic nitrogens is 1. The van der Waals surface area contributed by atoms with Gasteiger partial charge in [-0.05, 0) is 42.3 Å². The second kappa shape index (κ2) is 10.5. The Morgan fingerprint density at radius 2 is 1.64 bits per heavy atom. The van der Waals surface area contributed by atoms with E-state index < -0.39 is 24.0 Å². The summed E-state index contributed by atoms with van der Waals surface area (Å²) in [6.45, 7) is 0. The Kier molecular flexibility index (Phi) is 7.09. The molecule has 0 spiro atoms. The maximum absolute atomic E-state index is 13.5. The Labute approximate surface area is 206 Å². The molecular formula is C27H21N3O6. The summed E-state index contributed by atoms with van der Waals surface area (Å²) in [6, 6.07) is 20.8. The lowest BCUT2D eigenvalue weighted by Gasteiger charge is -2.27. The van der Waals surface area contributed by atoms with Crippen LogP contribution in [0.15, 0.2) is 85.1 Å². The second-order valence-electron chi connectivity index (χ2n) is 7.93. The van der Waals surface area contributed by atoms with E-state index in [0.717, 1.165) is 6.20 Å². The summed E-state index contributed by atoms with van der Waals surface area (Å²) in [5.41, 5.74) is 0.413. The van der Waals surface area contributed by atoms with Gasteiger partial charge in [0, 0.05) is 10.8 Å². The largest absolute Gasteiger partial charge is 0.506 e. The van der Waals surface area contributed by atoms with Gasteiger partial charge in [-0.15, -0.1) is 0 Å². The number of amides is 1. The van der Waals surface area contributed by atoms with Crippen molar-refractivity contribution in [2.45, 2.75) is 18.6 Å². The van der Waals surface area contributed by atoms with Crippen LogP contribution < -0.4 is 4.74 Å². The summed E-state index contributed by atoms with van der Waals surface area (Å²) in [5.74, 6) is -1.80. The average Bonchev–Trinajstić information content (AvgIpc) is 2.89. The summed E-state index contributed by atoms with van der Waals surface area (Å²) < 4.78 is 5.83. The molecule has 1 aromatic heterocycles. The number of pyridine rings is 1. The van der Waals surface area contributed by atoms with Gasteiger partial charge in [-0.2, -0.15) is 5.26 Å². The van der Waals surface area contributed by atoms with E-state index in [1.165, 1.54) is 6.07 Å². The molecule has 0 saturated heterocycles. The number of carbonyl (C=O) groups excluding carboxylic acids is 1. The molecule has 36 heavy (non-hydrogen) atoms. The van der Waals surface area contributed by atoms with Crippen LogP contribution in [-0.4, -0.2) is 49.2 Å². The predicted octanol–water partition coefficient (Wildman–Crippen LogP) is 3.71. The molecule has 3 N–H and O–H groups in total. The van der Waals surface area contributed by atoms with Crippen LogP contribution in [0.3, 0.4) is 0 Å². The summed E-state index contributed by atoms with van der Waals surface area (Å²) in [4.78, 5) is 29.8. The first-order valence-corrected chi connectivity index (χ1v) is 10.9. The van der Waals surface area contributed by atoms with Crippen LogP contribution in [0.2, 0.25) is 0 Å². The first-order valence-electron chi connectivity index (χ1n) is 10.9. The number of nitrogens with zero attached hydrogens (tertiary/aromatic N) is 3. The molecule has 9 nitrogen and oxygen atoms in total. The van der Waals surface area contributed by atoms with E-state index in [4.69, 9.17) is 4.74 Å². The molecule has 180 valence electrons. The molecule has 0 aliphatic heterocycles. The minimum Gasteiger partial charge on any atom is -0.506 e. The highest BCUT2D eigenvalue weighted by atomic mass is 16.5. The number of carboxylic acid groups (broad SMARTS) is 1. The number of rotatable bonds is 8. The molecule has 0 aliphatic rings. The fourth-order valence-electron chi connectivity index (χ4n) is 3.81. The van der Waals surface area contributed by atoms with Crippen LogP contribution in [0.4, 0.5) is 0 Å². The molecule has 0 aliphatic carbocycles. The number of aliphatic hydroxyl groups excluding tert-OH is 1. The topological polar surface area (TPSA) is 144 Å². The third-order valence-corrected chi connectivity index (χ3v) is 5.58. The van der Waals surface area contributed by atoms with Crippen LogP contribution >= 0.6 is 0 Å². The second-order valence-corrected chi connectivity index (χ2v) is 7.93. The minimum atomic E-state index is -2.03. The van der Waals surface area contributed by atoms with Crippen molar-refractivity contribution in [2.75, 3.05) is 0 Å². The number of nitriles is 1. The zero-order valence-corrected chi connectivity index (χ0v) is 18.9. The molecule has 0 radical (unpaired) electrons. The molecule has 0 unspecified atom stereocenters. The van der Waals surface area contributed by atoms with Gasteiger partial charge in [0.15, 0.2) is 12.3 Å². The highest BCUT2D eigenvalue weighted by Crippen LogP contribution is 2.32. The highest BCUT2D eigenvalue weighted by molar-refractivity contribution is 6.07. The number of fused-ring (bicyclic) bond motifs is 1. The summed E-state index contributed by atoms with van der Waals surface area (Å²) in [5, 5.41) is 40.5. The SMILES string of the molecule is N#CN(C(=O)c1ncc(O)c2ccc(Oc3ccccc3)cc12)[C@H](Cc1ccccc1)[C@H](O)C(=O)O. The van der Waals surface area contributed by atoms with Crippen LogP contribution in [0.25, 0.3) is 10.8 Å². The van der Waals surface area contributed by atoms with Gasteiger partial charge < -0.3 is 20.1 Å². The lowest BCUT2D eigenvalue weighted by atomic mass is 9.99. The molecule has 0 bridgehead atoms. The molecule has 4 rings (SSSR count). The molecule has 0 saturated carbocycles. The molecule has 0 fully saturated rings. The number of hydrogen-bond donors (Lipinski definition) is 3. The van der Waals surface area contributed by atoms with E-state index in [0.29, 0.717) is 22.0 Å². The van der Waals surface area contributed by atoms with Crippen molar-refractivity contribution in [1.29, 1.82) is 5.26 Å². The lowest BCUT2D eigenvalue weighted by molar-refractivity contribution is -0.149. The van der Waals surface area contributed by atoms with E-state index in [1.807, 2.05) is 6.07 Å². The van der Waals surface area contributed by atoms with Gasteiger partial charge in [-0.1, -0.05) is 48.5 Å². The highest BCUT2D eigenvalue weighted by Gasteiger charge is 2.36. The number of aliphatic carboxylic acids is 1. The third kappa shape index (κ3) is 5.09. The van der Waals surface area contributed by atoms with Crippen LogP contribution in [-0.2, 0) is 11.2 Å². The quantitative estimate of drug-likeness (QED) is 0.254. The lowest BCUT2D eigenvalue weighted by Crippen LogP contribution is -2.49. The Bertz CT molecular complexity index is 1440. The first kappa shape index (κ1) is 24.2. The Balaban J connectivity index is 1.76. The Morgan fingerprint density at radius 3 is 2.28 bits per heavy atom. The van der Waals surface area contributed by atoms with Crippen molar-refractivity contribution in [3.63, 3.8) is 0 Å². The molecule has 4 aromatic rings. The number of aliphatic hydroxyl groups is 1. The third-order valence-electron chi connectivity index (χ3n) is 5.58. The smallest absolute Gasteiger partial charge is 0.334 e. The van der Waals surface area contributed by atoms with Crippen molar-refractivity contribution in [3.05, 3.63) is 96.3 Å². The number of carboxylic acids is 1. The first-order chi connectivity index (χ1) is 17.4. The molecular weight excluding hydrogens is 462 g/mol. The monoisotopic (exact) mass is 483 g/mol. The van der Waals surface area contributed by atoms with Crippen LogP contribution in [0, 0.1) is 11.5 Å². The van der Waals surface area contributed by atoms with E-state index >= 15 is 0 Å². The van der Waals surface area contributed by atoms with Gasteiger partial charge in [0.05, 0.1) is 12.2 Å². The van der Waals surface area contributed by atoms with Crippen molar-refractivity contribution < 1.29 is 29.6 Å². The number of benzene rings is 3. The normalized spacial score (nSPS) is 12.3. The van der Waals surface area contributed by atoms with Crippen molar-refractivity contribution >= 4 is 22.6 Å². The van der Waals surface area contributed by atoms with Gasteiger partial charge in [-0.25, -0.2) is 14.7 Å². The van der Waals surface area contributed by atoms with E-state index in [-0.39, 0.29) is 28.6 Å². The van der Waals surface area contributed by atoms with E-state index in [9.17, 15) is 30.2 Å². The van der Waals surface area contributed by atoms with Gasteiger partial charge in [0.1, 0.15) is 22.9 Å². The zero-order valence-electron chi connectivity index (χ0n) is 18.9. The average molecular weight is 483 g/mol. The maximum atomic E-state index is 13.5. The predicted molar refractivity (Wildman–Crippen MR) is 129 cm³/mol. The molecule has 3 aromatic carbocycles.